The third-order valence-electron chi connectivity index (χ3n) is 6.07. The van der Waals surface area contributed by atoms with Gasteiger partial charge >= 0.3 is 11.9 Å². The summed E-state index contributed by atoms with van der Waals surface area (Å²) in [5, 5.41) is -0.419. The van der Waals surface area contributed by atoms with Gasteiger partial charge in [0.25, 0.3) is 5.56 Å². The van der Waals surface area contributed by atoms with Crippen LogP contribution in [-0.2, 0) is 17.5 Å². The molecule has 0 fully saturated rings. The third-order valence-corrected chi connectivity index (χ3v) is 7.32. The highest BCUT2D eigenvalue weighted by molar-refractivity contribution is 7.99. The molecule has 0 bridgehead atoms. The zero-order chi connectivity index (χ0) is 28.3. The van der Waals surface area contributed by atoms with Crippen LogP contribution < -0.4 is 11.2 Å². The van der Waals surface area contributed by atoms with Gasteiger partial charge < -0.3 is 14.6 Å². The van der Waals surface area contributed by atoms with E-state index in [0.29, 0.717) is 18.7 Å². The molecule has 2 N–H and O–H groups in total. The van der Waals surface area contributed by atoms with Gasteiger partial charge in [0.05, 0.1) is 29.7 Å². The largest absolute Gasteiger partial charge is 0.417 e. The minimum Gasteiger partial charge on any atom is -0.375 e. The molecule has 0 radical (unpaired) electrons. The summed E-state index contributed by atoms with van der Waals surface area (Å²) in [6, 6.07) is 11.9. The molecule has 3 aromatic carbocycles. The summed E-state index contributed by atoms with van der Waals surface area (Å²) in [6.45, 7) is 0.528. The molecule has 6 nitrogen and oxygen atoms in total. The summed E-state index contributed by atoms with van der Waals surface area (Å²) >= 11 is 0.910. The quantitative estimate of drug-likeness (QED) is 0.209. The lowest BCUT2D eigenvalue weighted by molar-refractivity contribution is -0.137. The van der Waals surface area contributed by atoms with Crippen molar-refractivity contribution >= 4 is 22.7 Å². The number of nitrogens with zero attached hydrogens (tertiary/aromatic N) is 1. The number of nitrogens with one attached hydrogen (secondary N) is 2. The van der Waals surface area contributed by atoms with E-state index < -0.39 is 51.1 Å². The van der Waals surface area contributed by atoms with Crippen molar-refractivity contribution in [2.45, 2.75) is 23.7 Å². The number of rotatable bonds is 9. The van der Waals surface area contributed by atoms with Crippen LogP contribution in [0.4, 0.5) is 22.0 Å². The van der Waals surface area contributed by atoms with Crippen molar-refractivity contribution in [3.8, 4) is 11.1 Å². The number of fused-ring (bicyclic) bond motifs is 1. The number of H-pyrrole nitrogens is 2. The molecule has 0 saturated heterocycles. The van der Waals surface area contributed by atoms with E-state index in [1.165, 1.54) is 0 Å². The zero-order valence-electron chi connectivity index (χ0n) is 20.9. The molecule has 0 aliphatic carbocycles. The molecule has 1 heterocycles. The van der Waals surface area contributed by atoms with Crippen LogP contribution in [0, 0.1) is 11.6 Å². The van der Waals surface area contributed by atoms with Gasteiger partial charge in [0.1, 0.15) is 11.6 Å². The van der Waals surface area contributed by atoms with Gasteiger partial charge in [-0.3, -0.25) is 9.78 Å². The lowest BCUT2D eigenvalue weighted by Crippen LogP contribution is -2.34. The van der Waals surface area contributed by atoms with E-state index in [-0.39, 0.29) is 28.8 Å². The molecule has 0 spiro atoms. The lowest BCUT2D eigenvalue weighted by Gasteiger charge is -2.25. The minimum atomic E-state index is -5.00. The number of halogens is 5. The monoisotopic (exact) mass is 565 g/mol. The fraction of sp³-hybridized carbons (Fsp3) is 0.259. The van der Waals surface area contributed by atoms with Crippen molar-refractivity contribution in [2.75, 3.05) is 26.5 Å². The first-order valence-corrected chi connectivity index (χ1v) is 12.7. The van der Waals surface area contributed by atoms with Gasteiger partial charge in [-0.2, -0.15) is 13.2 Å². The maximum atomic E-state index is 14.9. The fourth-order valence-corrected chi connectivity index (χ4v) is 5.44. The number of aromatic nitrogens is 2. The molecule has 0 unspecified atom stereocenters. The Balaban J connectivity index is 1.81. The van der Waals surface area contributed by atoms with Crippen molar-refractivity contribution in [3.05, 3.63) is 98.2 Å². The number of hydrogen-bond acceptors (Lipinski definition) is 5. The number of ether oxygens (including phenoxy) is 1. The maximum Gasteiger partial charge on any atom is 0.417 e. The normalized spacial score (nSPS) is 12.8. The number of benzene rings is 3. The first-order valence-electron chi connectivity index (χ1n) is 11.7. The van der Waals surface area contributed by atoms with Crippen LogP contribution in [0.2, 0.25) is 0 Å². The zero-order valence-corrected chi connectivity index (χ0v) is 21.7. The topological polar surface area (TPSA) is 78.2 Å². The summed E-state index contributed by atoms with van der Waals surface area (Å²) in [5.41, 5.74) is -3.60. The molecule has 206 valence electrons. The van der Waals surface area contributed by atoms with Gasteiger partial charge in [0.15, 0.2) is 0 Å². The number of alkyl halides is 3. The number of likely N-dealkylation sites (N-methyl/N-ethyl adjacent to an activating group) is 1. The van der Waals surface area contributed by atoms with Crippen LogP contribution in [0.5, 0.6) is 0 Å². The van der Waals surface area contributed by atoms with Gasteiger partial charge in [-0.1, -0.05) is 30.3 Å². The molecule has 4 aromatic rings. The Bertz CT molecular complexity index is 1590. The lowest BCUT2D eigenvalue weighted by atomic mass is 9.96. The van der Waals surface area contributed by atoms with Gasteiger partial charge in [-0.25, -0.2) is 13.6 Å². The van der Waals surface area contributed by atoms with E-state index in [4.69, 9.17) is 4.74 Å². The molecule has 4 rings (SSSR count). The highest BCUT2D eigenvalue weighted by Gasteiger charge is 2.37. The third kappa shape index (κ3) is 6.57. The maximum absolute atomic E-state index is 14.9. The Morgan fingerprint density at radius 3 is 2.36 bits per heavy atom. The van der Waals surface area contributed by atoms with Crippen LogP contribution in [0.3, 0.4) is 0 Å². The average molecular weight is 566 g/mol. The molecule has 0 aliphatic rings. The van der Waals surface area contributed by atoms with E-state index in [0.717, 1.165) is 29.5 Å². The van der Waals surface area contributed by atoms with Gasteiger partial charge in [0.2, 0.25) is 0 Å². The SMILES string of the molecule is CN(C)[C@H](COCc1ccccc1)CSc1c(-c2ccc(F)cc2F)c(C(F)(F)F)cc2c(=O)[nH]c(=O)[nH]c12. The number of hydrogen-bond donors (Lipinski definition) is 2. The van der Waals surface area contributed by atoms with Crippen LogP contribution in [-0.4, -0.2) is 47.4 Å². The second kappa shape index (κ2) is 11.7. The van der Waals surface area contributed by atoms with E-state index in [1.54, 1.807) is 14.1 Å². The van der Waals surface area contributed by atoms with E-state index in [1.807, 2.05) is 40.2 Å². The molecular formula is C27H24F5N3O3S. The smallest absolute Gasteiger partial charge is 0.375 e. The van der Waals surface area contributed by atoms with Crippen molar-refractivity contribution < 1.29 is 26.7 Å². The Labute approximate surface area is 223 Å². The molecule has 1 atom stereocenters. The second-order valence-electron chi connectivity index (χ2n) is 9.01. The average Bonchev–Trinajstić information content (AvgIpc) is 2.85. The van der Waals surface area contributed by atoms with E-state index >= 15 is 0 Å². The van der Waals surface area contributed by atoms with Crippen molar-refractivity contribution in [3.63, 3.8) is 0 Å². The first-order chi connectivity index (χ1) is 18.5. The summed E-state index contributed by atoms with van der Waals surface area (Å²) in [5.74, 6) is -2.03. The van der Waals surface area contributed by atoms with Crippen LogP contribution >= 0.6 is 11.8 Å². The van der Waals surface area contributed by atoms with Crippen LogP contribution in [0.1, 0.15) is 11.1 Å². The van der Waals surface area contributed by atoms with Crippen molar-refractivity contribution in [1.29, 1.82) is 0 Å². The summed E-state index contributed by atoms with van der Waals surface area (Å²) in [4.78, 5) is 30.6. The highest BCUT2D eigenvalue weighted by Crippen LogP contribution is 2.46. The summed E-state index contributed by atoms with van der Waals surface area (Å²) < 4.78 is 77.3. The molecule has 0 saturated carbocycles. The Kier molecular flexibility index (Phi) is 8.57. The van der Waals surface area contributed by atoms with E-state index in [2.05, 4.69) is 4.98 Å². The Morgan fingerprint density at radius 2 is 1.72 bits per heavy atom. The van der Waals surface area contributed by atoms with Crippen LogP contribution in [0.25, 0.3) is 22.0 Å². The summed E-state index contributed by atoms with van der Waals surface area (Å²) in [6.07, 6.45) is -5.00. The minimum absolute atomic E-state index is 0.156. The fourth-order valence-electron chi connectivity index (χ4n) is 4.02. The van der Waals surface area contributed by atoms with Gasteiger partial charge in [-0.05, 0) is 37.9 Å². The first kappa shape index (κ1) is 28.5. The van der Waals surface area contributed by atoms with Crippen molar-refractivity contribution in [1.82, 2.24) is 14.9 Å². The molecular weight excluding hydrogens is 541 g/mol. The molecule has 0 aliphatic heterocycles. The summed E-state index contributed by atoms with van der Waals surface area (Å²) in [7, 11) is 3.54. The molecule has 0 amide bonds. The molecule has 39 heavy (non-hydrogen) atoms. The molecule has 12 heteroatoms. The highest BCUT2D eigenvalue weighted by atomic mass is 32.2. The predicted octanol–water partition coefficient (Wildman–Crippen LogP) is 5.42. The van der Waals surface area contributed by atoms with Crippen molar-refractivity contribution in [2.24, 2.45) is 0 Å². The predicted molar refractivity (Wildman–Crippen MR) is 140 cm³/mol. The van der Waals surface area contributed by atoms with Gasteiger partial charge in [-0.15, -0.1) is 11.8 Å². The number of thioether (sulfide) groups is 1. The van der Waals surface area contributed by atoms with Gasteiger partial charge in [0, 0.05) is 33.9 Å². The Morgan fingerprint density at radius 1 is 1.00 bits per heavy atom. The second-order valence-corrected chi connectivity index (χ2v) is 10.0. The van der Waals surface area contributed by atoms with E-state index in [9.17, 15) is 31.5 Å². The van der Waals surface area contributed by atoms with Crippen LogP contribution in [0.15, 0.2) is 69.1 Å². The standard InChI is InChI=1S/C27H24F5N3O3S/c1-35(2)17(13-38-12-15-6-4-3-5-7-15)14-39-24-22(18-9-8-16(28)10-21(18)29)20(27(30,31)32)11-19-23(24)33-26(37)34-25(19)36/h3-11,17H,12-14H2,1-2H3,(H2,33,34,36,37)/t17-/m1/s1. The molecule has 1 aromatic heterocycles. The Hall–Kier alpha value is -3.48. The number of aromatic amines is 2.